The van der Waals surface area contributed by atoms with Crippen LogP contribution in [0, 0.1) is 5.92 Å². The number of nitrogens with zero attached hydrogens (tertiary/aromatic N) is 1. The predicted octanol–water partition coefficient (Wildman–Crippen LogP) is 4.02. The molecule has 0 bridgehead atoms. The standard InChI is InChI=1S/C18H17Cl2NO/c19-11-16-13-21(12-14-7-3-1-4-8-14)17(22)18(16,20)15-9-5-2-6-10-15/h1-10,16H,11-13H2/t16-,18-/m0/s1. The average Bonchev–Trinajstić information content (AvgIpc) is 2.82. The Hall–Kier alpha value is -1.51. The van der Waals surface area contributed by atoms with E-state index in [1.165, 1.54) is 0 Å². The summed E-state index contributed by atoms with van der Waals surface area (Å²) in [6.07, 6.45) is 0. The van der Waals surface area contributed by atoms with Gasteiger partial charge in [-0.15, -0.1) is 23.2 Å². The van der Waals surface area contributed by atoms with E-state index in [-0.39, 0.29) is 11.8 Å². The quantitative estimate of drug-likeness (QED) is 0.774. The van der Waals surface area contributed by atoms with E-state index in [1.807, 2.05) is 65.6 Å². The highest BCUT2D eigenvalue weighted by molar-refractivity contribution is 6.36. The lowest BCUT2D eigenvalue weighted by molar-refractivity contribution is -0.130. The van der Waals surface area contributed by atoms with Gasteiger partial charge in [-0.2, -0.15) is 0 Å². The maximum atomic E-state index is 12.9. The number of halogens is 2. The van der Waals surface area contributed by atoms with E-state index in [9.17, 15) is 4.79 Å². The smallest absolute Gasteiger partial charge is 0.249 e. The summed E-state index contributed by atoms with van der Waals surface area (Å²) < 4.78 is 0. The van der Waals surface area contributed by atoms with Crippen molar-refractivity contribution < 1.29 is 4.79 Å². The minimum atomic E-state index is -1.06. The lowest BCUT2D eigenvalue weighted by Gasteiger charge is -2.25. The summed E-state index contributed by atoms with van der Waals surface area (Å²) in [4.78, 5) is 13.7. The molecule has 0 unspecified atom stereocenters. The van der Waals surface area contributed by atoms with Gasteiger partial charge in [-0.1, -0.05) is 60.7 Å². The van der Waals surface area contributed by atoms with Crippen molar-refractivity contribution in [1.29, 1.82) is 0 Å². The van der Waals surface area contributed by atoms with Gasteiger partial charge in [-0.05, 0) is 11.1 Å². The Morgan fingerprint density at radius 1 is 1.05 bits per heavy atom. The topological polar surface area (TPSA) is 20.3 Å². The van der Waals surface area contributed by atoms with Crippen molar-refractivity contribution >= 4 is 29.1 Å². The largest absolute Gasteiger partial charge is 0.336 e. The molecule has 1 fully saturated rings. The van der Waals surface area contributed by atoms with Crippen LogP contribution in [0.1, 0.15) is 11.1 Å². The molecular weight excluding hydrogens is 317 g/mol. The Morgan fingerprint density at radius 3 is 2.23 bits per heavy atom. The van der Waals surface area contributed by atoms with Crippen LogP contribution >= 0.6 is 23.2 Å². The minimum absolute atomic E-state index is 0.0603. The fourth-order valence-corrected chi connectivity index (χ4v) is 3.81. The van der Waals surface area contributed by atoms with Crippen molar-refractivity contribution in [1.82, 2.24) is 4.90 Å². The van der Waals surface area contributed by atoms with Crippen LogP contribution < -0.4 is 0 Å². The summed E-state index contributed by atoms with van der Waals surface area (Å²) in [6.45, 7) is 1.14. The molecule has 1 aliphatic rings. The van der Waals surface area contributed by atoms with Crippen LogP contribution in [0.3, 0.4) is 0 Å². The number of carbonyl (C=O) groups excluding carboxylic acids is 1. The van der Waals surface area contributed by atoms with E-state index in [4.69, 9.17) is 23.2 Å². The van der Waals surface area contributed by atoms with E-state index < -0.39 is 4.87 Å². The zero-order valence-electron chi connectivity index (χ0n) is 12.1. The van der Waals surface area contributed by atoms with Crippen molar-refractivity contribution in [3.8, 4) is 0 Å². The highest BCUT2D eigenvalue weighted by atomic mass is 35.5. The van der Waals surface area contributed by atoms with Crippen molar-refractivity contribution in [3.63, 3.8) is 0 Å². The zero-order chi connectivity index (χ0) is 15.6. The van der Waals surface area contributed by atoms with Gasteiger partial charge in [-0.3, -0.25) is 4.79 Å². The third-order valence-corrected chi connectivity index (χ3v) is 5.26. The van der Waals surface area contributed by atoms with Crippen LogP contribution in [0.15, 0.2) is 60.7 Å². The molecule has 0 radical (unpaired) electrons. The summed E-state index contributed by atoms with van der Waals surface area (Å²) in [5.74, 6) is 0.194. The molecule has 2 aromatic carbocycles. The number of carbonyl (C=O) groups is 1. The highest BCUT2D eigenvalue weighted by Gasteiger charge is 2.53. The number of alkyl halides is 2. The van der Waals surface area contributed by atoms with Crippen molar-refractivity contribution in [2.24, 2.45) is 5.92 Å². The molecule has 0 aliphatic carbocycles. The molecule has 0 N–H and O–H groups in total. The van der Waals surface area contributed by atoms with Crippen LogP contribution in [0.4, 0.5) is 0 Å². The number of benzene rings is 2. The molecule has 3 rings (SSSR count). The van der Waals surface area contributed by atoms with Gasteiger partial charge < -0.3 is 4.90 Å². The second kappa shape index (κ2) is 6.31. The monoisotopic (exact) mass is 333 g/mol. The van der Waals surface area contributed by atoms with E-state index in [0.29, 0.717) is 19.0 Å². The van der Waals surface area contributed by atoms with Gasteiger partial charge in [-0.25, -0.2) is 0 Å². The molecule has 114 valence electrons. The van der Waals surface area contributed by atoms with Gasteiger partial charge in [0.15, 0.2) is 4.87 Å². The summed E-state index contributed by atoms with van der Waals surface area (Å²) in [5, 5.41) is 0. The Labute approximate surface area is 140 Å². The molecule has 2 aromatic rings. The lowest BCUT2D eigenvalue weighted by atomic mass is 9.88. The van der Waals surface area contributed by atoms with Crippen LogP contribution in [0.2, 0.25) is 0 Å². The summed E-state index contributed by atoms with van der Waals surface area (Å²) >= 11 is 12.9. The Bertz CT molecular complexity index is 647. The van der Waals surface area contributed by atoms with E-state index in [1.54, 1.807) is 0 Å². The maximum absolute atomic E-state index is 12.9. The number of hydrogen-bond acceptors (Lipinski definition) is 1. The van der Waals surface area contributed by atoms with Crippen LogP contribution in [0.5, 0.6) is 0 Å². The molecule has 1 heterocycles. The van der Waals surface area contributed by atoms with Gasteiger partial charge in [0.1, 0.15) is 0 Å². The molecule has 1 amide bonds. The molecule has 0 spiro atoms. The summed E-state index contributed by atoms with van der Waals surface area (Å²) in [7, 11) is 0. The Kier molecular flexibility index (Phi) is 4.42. The fraction of sp³-hybridized carbons (Fsp3) is 0.278. The molecular formula is C18H17Cl2NO. The van der Waals surface area contributed by atoms with E-state index in [0.717, 1.165) is 11.1 Å². The Balaban J connectivity index is 1.90. The SMILES string of the molecule is O=C1N(Cc2ccccc2)C[C@H](CCl)[C@@]1(Cl)c1ccccc1. The van der Waals surface area contributed by atoms with Gasteiger partial charge in [0.2, 0.25) is 5.91 Å². The lowest BCUT2D eigenvalue weighted by Crippen LogP contribution is -2.36. The third kappa shape index (κ3) is 2.62. The second-order valence-electron chi connectivity index (χ2n) is 5.60. The van der Waals surface area contributed by atoms with Crippen LogP contribution in [0.25, 0.3) is 0 Å². The zero-order valence-corrected chi connectivity index (χ0v) is 13.6. The van der Waals surface area contributed by atoms with Gasteiger partial charge in [0.25, 0.3) is 0 Å². The first-order chi connectivity index (χ1) is 10.7. The number of amides is 1. The van der Waals surface area contributed by atoms with Crippen LogP contribution in [-0.2, 0) is 16.2 Å². The molecule has 0 aromatic heterocycles. The second-order valence-corrected chi connectivity index (χ2v) is 6.51. The van der Waals surface area contributed by atoms with Gasteiger partial charge >= 0.3 is 0 Å². The Morgan fingerprint density at radius 2 is 1.64 bits per heavy atom. The summed E-state index contributed by atoms with van der Waals surface area (Å²) in [6, 6.07) is 19.5. The first kappa shape index (κ1) is 15.4. The molecule has 1 saturated heterocycles. The minimum Gasteiger partial charge on any atom is -0.336 e. The van der Waals surface area contributed by atoms with E-state index >= 15 is 0 Å². The van der Waals surface area contributed by atoms with Gasteiger partial charge in [0, 0.05) is 24.9 Å². The molecule has 4 heteroatoms. The molecule has 2 nitrogen and oxygen atoms in total. The fourth-order valence-electron chi connectivity index (χ4n) is 3.01. The first-order valence-electron chi connectivity index (χ1n) is 7.30. The average molecular weight is 334 g/mol. The molecule has 22 heavy (non-hydrogen) atoms. The maximum Gasteiger partial charge on any atom is 0.249 e. The number of rotatable bonds is 4. The molecule has 1 aliphatic heterocycles. The summed E-state index contributed by atoms with van der Waals surface area (Å²) in [5.41, 5.74) is 1.92. The third-order valence-electron chi connectivity index (χ3n) is 4.20. The van der Waals surface area contributed by atoms with E-state index in [2.05, 4.69) is 0 Å². The van der Waals surface area contributed by atoms with Crippen molar-refractivity contribution in [3.05, 3.63) is 71.8 Å². The number of likely N-dealkylation sites (tertiary alicyclic amines) is 1. The van der Waals surface area contributed by atoms with Gasteiger partial charge in [0.05, 0.1) is 0 Å². The molecule has 2 atom stereocenters. The van der Waals surface area contributed by atoms with Crippen LogP contribution in [-0.4, -0.2) is 23.2 Å². The molecule has 0 saturated carbocycles. The predicted molar refractivity (Wildman–Crippen MR) is 90.0 cm³/mol. The first-order valence-corrected chi connectivity index (χ1v) is 8.21. The highest BCUT2D eigenvalue weighted by Crippen LogP contribution is 2.45. The normalized spacial score (nSPS) is 24.7. The van der Waals surface area contributed by atoms with Crippen molar-refractivity contribution in [2.45, 2.75) is 11.4 Å². The van der Waals surface area contributed by atoms with Crippen molar-refractivity contribution in [2.75, 3.05) is 12.4 Å². The number of hydrogen-bond donors (Lipinski definition) is 0.